The van der Waals surface area contributed by atoms with Crippen LogP contribution >= 0.6 is 35.6 Å². The van der Waals surface area contributed by atoms with Crippen LogP contribution in [0.15, 0.2) is 0 Å². The minimum atomic E-state index is -0.440. The summed E-state index contributed by atoms with van der Waals surface area (Å²) in [4.78, 5) is 0. The van der Waals surface area contributed by atoms with Crippen molar-refractivity contribution in [3.8, 4) is 0 Å². The summed E-state index contributed by atoms with van der Waals surface area (Å²) in [6.07, 6.45) is 1.74. The average Bonchev–Trinajstić information content (AvgIpc) is 1.60. The van der Waals surface area contributed by atoms with Gasteiger partial charge in [0.25, 0.3) is 0 Å². The molecule has 56 valence electrons. The Hall–Kier alpha value is 0.830. The molecular weight excluding hydrogens is 180 g/mol. The van der Waals surface area contributed by atoms with Gasteiger partial charge in [0.2, 0.25) is 0 Å². The molecule has 0 aliphatic heterocycles. The van der Waals surface area contributed by atoms with Crippen molar-refractivity contribution in [1.82, 2.24) is 0 Å². The Balaban J connectivity index is 0.000000640. The fourth-order valence-corrected chi connectivity index (χ4v) is 1.82. The van der Waals surface area contributed by atoms with Gasteiger partial charge in [0, 0.05) is 0 Å². The van der Waals surface area contributed by atoms with Crippen molar-refractivity contribution < 1.29 is 0 Å². The number of alkyl halides is 2. The average molecular weight is 191 g/mol. The van der Waals surface area contributed by atoms with Crippen LogP contribution in [0.2, 0.25) is 0 Å². The molecule has 0 aromatic rings. The van der Waals surface area contributed by atoms with Crippen molar-refractivity contribution in [2.45, 2.75) is 17.2 Å². The Bertz CT molecular complexity index is 86.2. The summed E-state index contributed by atoms with van der Waals surface area (Å²) in [6, 6.07) is 0. The molecule has 1 rings (SSSR count). The van der Waals surface area contributed by atoms with E-state index >= 15 is 0 Å². The molecule has 2 N–H and O–H groups in total. The first-order chi connectivity index (χ1) is 3.64. The summed E-state index contributed by atoms with van der Waals surface area (Å²) in [5.74, 6) is 0.574. The van der Waals surface area contributed by atoms with Crippen LogP contribution in [0.4, 0.5) is 0 Å². The van der Waals surface area contributed by atoms with Gasteiger partial charge in [0.05, 0.1) is 0 Å². The van der Waals surface area contributed by atoms with Crippen LogP contribution in [0.5, 0.6) is 0 Å². The third-order valence-corrected chi connectivity index (χ3v) is 2.13. The van der Waals surface area contributed by atoms with Crippen LogP contribution in [0.25, 0.3) is 0 Å². The van der Waals surface area contributed by atoms with Crippen molar-refractivity contribution in [2.24, 2.45) is 11.7 Å². The fraction of sp³-hybridized carbons (Fsp3) is 1.00. The van der Waals surface area contributed by atoms with E-state index in [4.69, 9.17) is 28.9 Å². The Morgan fingerprint density at radius 3 is 2.00 bits per heavy atom. The molecule has 0 aromatic carbocycles. The molecule has 0 saturated heterocycles. The lowest BCUT2D eigenvalue weighted by atomic mass is 9.84. The van der Waals surface area contributed by atoms with Crippen LogP contribution in [0.1, 0.15) is 12.8 Å². The first kappa shape index (κ1) is 9.83. The normalized spacial score (nSPS) is 24.3. The minimum absolute atomic E-state index is 0. The molecule has 0 heterocycles. The minimum Gasteiger partial charge on any atom is -0.330 e. The second kappa shape index (κ2) is 3.29. The first-order valence-corrected chi connectivity index (χ1v) is 3.47. The molecule has 0 amide bonds. The summed E-state index contributed by atoms with van der Waals surface area (Å²) in [5.41, 5.74) is 5.34. The van der Waals surface area contributed by atoms with Crippen molar-refractivity contribution in [3.63, 3.8) is 0 Å². The molecule has 4 heteroatoms. The zero-order chi connectivity index (χ0) is 6.20. The molecule has 0 radical (unpaired) electrons. The Morgan fingerprint density at radius 2 is 1.89 bits per heavy atom. The van der Waals surface area contributed by atoms with Crippen molar-refractivity contribution >= 4 is 35.6 Å². The lowest BCUT2D eigenvalue weighted by Crippen LogP contribution is -2.37. The maximum Gasteiger partial charge on any atom is 0.119 e. The number of hydrogen-bond acceptors (Lipinski definition) is 1. The van der Waals surface area contributed by atoms with Crippen molar-refractivity contribution in [1.29, 1.82) is 0 Å². The number of nitrogens with two attached hydrogens (primary N) is 1. The van der Waals surface area contributed by atoms with E-state index in [2.05, 4.69) is 0 Å². The lowest BCUT2D eigenvalue weighted by Gasteiger charge is -2.37. The van der Waals surface area contributed by atoms with Gasteiger partial charge < -0.3 is 5.73 Å². The van der Waals surface area contributed by atoms with Gasteiger partial charge in [-0.1, -0.05) is 0 Å². The summed E-state index contributed by atoms with van der Waals surface area (Å²) in [7, 11) is 0. The summed E-state index contributed by atoms with van der Waals surface area (Å²) < 4.78 is -0.440. The van der Waals surface area contributed by atoms with E-state index in [0.29, 0.717) is 5.92 Å². The van der Waals surface area contributed by atoms with E-state index in [1.54, 1.807) is 0 Å². The van der Waals surface area contributed by atoms with Gasteiger partial charge in [-0.2, -0.15) is 0 Å². The van der Waals surface area contributed by atoms with E-state index in [1.165, 1.54) is 0 Å². The third kappa shape index (κ3) is 2.50. The molecule has 0 aromatic heterocycles. The third-order valence-electron chi connectivity index (χ3n) is 1.51. The van der Waals surface area contributed by atoms with Gasteiger partial charge in [-0.15, -0.1) is 35.6 Å². The predicted octanol–water partition coefficient (Wildman–Crippen LogP) is 1.95. The highest BCUT2D eigenvalue weighted by atomic mass is 35.5. The summed E-state index contributed by atoms with van der Waals surface area (Å²) in [5, 5.41) is 0. The second-order valence-electron chi connectivity index (χ2n) is 2.37. The predicted molar refractivity (Wildman–Crippen MR) is 43.5 cm³/mol. The molecule has 0 spiro atoms. The summed E-state index contributed by atoms with van der Waals surface area (Å²) in [6.45, 7) is 0.723. The van der Waals surface area contributed by atoms with E-state index in [-0.39, 0.29) is 12.4 Å². The number of rotatable bonds is 1. The highest BCUT2D eigenvalue weighted by Gasteiger charge is 2.39. The zero-order valence-corrected chi connectivity index (χ0v) is 7.27. The fourth-order valence-electron chi connectivity index (χ4n) is 0.952. The molecule has 0 unspecified atom stereocenters. The maximum atomic E-state index is 5.69. The van der Waals surface area contributed by atoms with E-state index in [9.17, 15) is 0 Å². The molecule has 1 fully saturated rings. The van der Waals surface area contributed by atoms with Crippen LogP contribution in [-0.2, 0) is 0 Å². The zero-order valence-electron chi connectivity index (χ0n) is 4.94. The SMILES string of the molecule is Cl.NCC1CC(Cl)(Cl)C1. The summed E-state index contributed by atoms with van der Waals surface area (Å²) >= 11 is 11.4. The highest BCUT2D eigenvalue weighted by molar-refractivity contribution is 6.49. The molecule has 9 heavy (non-hydrogen) atoms. The van der Waals surface area contributed by atoms with Crippen LogP contribution in [0.3, 0.4) is 0 Å². The highest BCUT2D eigenvalue weighted by Crippen LogP contribution is 2.45. The Morgan fingerprint density at radius 1 is 1.44 bits per heavy atom. The van der Waals surface area contributed by atoms with Gasteiger partial charge in [0.1, 0.15) is 4.33 Å². The van der Waals surface area contributed by atoms with E-state index in [0.717, 1.165) is 19.4 Å². The molecule has 1 saturated carbocycles. The van der Waals surface area contributed by atoms with Crippen LogP contribution < -0.4 is 5.73 Å². The van der Waals surface area contributed by atoms with Gasteiger partial charge in [0.15, 0.2) is 0 Å². The van der Waals surface area contributed by atoms with Gasteiger partial charge in [-0.3, -0.25) is 0 Å². The molecule has 1 aliphatic rings. The second-order valence-corrected chi connectivity index (χ2v) is 4.01. The van der Waals surface area contributed by atoms with Gasteiger partial charge in [-0.25, -0.2) is 0 Å². The van der Waals surface area contributed by atoms with E-state index < -0.39 is 4.33 Å². The largest absolute Gasteiger partial charge is 0.330 e. The van der Waals surface area contributed by atoms with Crippen LogP contribution in [-0.4, -0.2) is 10.9 Å². The Labute approximate surface area is 71.3 Å². The standard InChI is InChI=1S/C5H9Cl2N.ClH/c6-5(7)1-4(2-5)3-8;/h4H,1-3,8H2;1H. The monoisotopic (exact) mass is 189 g/mol. The van der Waals surface area contributed by atoms with Crippen molar-refractivity contribution in [2.75, 3.05) is 6.54 Å². The maximum absolute atomic E-state index is 5.69. The molecule has 1 aliphatic carbocycles. The van der Waals surface area contributed by atoms with E-state index in [1.807, 2.05) is 0 Å². The molecule has 1 nitrogen and oxygen atoms in total. The molecular formula is C5H10Cl3N. The number of halogens is 3. The Kier molecular flexibility index (Phi) is 3.59. The lowest BCUT2D eigenvalue weighted by molar-refractivity contribution is 0.302. The first-order valence-electron chi connectivity index (χ1n) is 2.72. The molecule has 0 atom stereocenters. The van der Waals surface area contributed by atoms with Gasteiger partial charge in [-0.05, 0) is 25.3 Å². The van der Waals surface area contributed by atoms with Gasteiger partial charge >= 0.3 is 0 Å². The topological polar surface area (TPSA) is 26.0 Å². The smallest absolute Gasteiger partial charge is 0.119 e. The number of hydrogen-bond donors (Lipinski definition) is 1. The molecule has 0 bridgehead atoms. The quantitative estimate of drug-likeness (QED) is 0.629. The van der Waals surface area contributed by atoms with Crippen molar-refractivity contribution in [3.05, 3.63) is 0 Å². The van der Waals surface area contributed by atoms with Crippen LogP contribution in [0, 0.1) is 5.92 Å².